The molecule has 0 atom stereocenters. The second kappa shape index (κ2) is 6.83. The highest BCUT2D eigenvalue weighted by Gasteiger charge is 2.50. The quantitative estimate of drug-likeness (QED) is 0.591. The second-order valence-corrected chi connectivity index (χ2v) is 7.42. The summed E-state index contributed by atoms with van der Waals surface area (Å²) < 4.78 is 39.9. The van der Waals surface area contributed by atoms with Crippen molar-refractivity contribution in [3.8, 4) is 17.0 Å². The van der Waals surface area contributed by atoms with Crippen LogP contribution in [0.4, 0.5) is 20.3 Å². The van der Waals surface area contributed by atoms with Gasteiger partial charge in [0.2, 0.25) is 0 Å². The topological polar surface area (TPSA) is 33.6 Å². The van der Waals surface area contributed by atoms with Crippen LogP contribution in [0.25, 0.3) is 17.3 Å². The molecule has 1 aromatic heterocycles. The maximum absolute atomic E-state index is 15.9. The SMILES string of the molecule is CCCn1c(-c2ccc(OC)cc2)c[n+]2c1N=C1C=Cc3ccccc3N1[B-]2(F)F. The maximum Gasteiger partial charge on any atom is 0.609 e. The van der Waals surface area contributed by atoms with E-state index in [1.165, 1.54) is 6.20 Å². The lowest BCUT2D eigenvalue weighted by atomic mass is 9.87. The average molecular weight is 406 g/mol. The summed E-state index contributed by atoms with van der Waals surface area (Å²) in [6, 6.07) is 14.6. The van der Waals surface area contributed by atoms with E-state index < -0.39 is 6.97 Å². The number of nitrogens with zero attached hydrogens (tertiary/aromatic N) is 4. The number of rotatable bonds is 4. The molecule has 0 N–H and O–H groups in total. The van der Waals surface area contributed by atoms with Gasteiger partial charge >= 0.3 is 12.9 Å². The first-order chi connectivity index (χ1) is 14.5. The number of halogens is 2. The summed E-state index contributed by atoms with van der Waals surface area (Å²) in [5, 5.41) is 0. The van der Waals surface area contributed by atoms with Crippen LogP contribution in [0.2, 0.25) is 0 Å². The fourth-order valence-corrected chi connectivity index (χ4v) is 4.15. The van der Waals surface area contributed by atoms with E-state index in [0.29, 0.717) is 17.9 Å². The zero-order valence-electron chi connectivity index (χ0n) is 16.8. The van der Waals surface area contributed by atoms with Crippen molar-refractivity contribution in [1.29, 1.82) is 0 Å². The normalized spacial score (nSPS) is 15.9. The Kier molecular flexibility index (Phi) is 4.23. The maximum atomic E-state index is 15.9. The van der Waals surface area contributed by atoms with Crippen molar-refractivity contribution in [2.75, 3.05) is 11.9 Å². The van der Waals surface area contributed by atoms with Crippen LogP contribution in [0.1, 0.15) is 18.9 Å². The molecule has 0 unspecified atom stereocenters. The lowest BCUT2D eigenvalue weighted by Crippen LogP contribution is -2.72. The molecule has 152 valence electrons. The van der Waals surface area contributed by atoms with Gasteiger partial charge in [-0.1, -0.05) is 30.1 Å². The van der Waals surface area contributed by atoms with E-state index in [9.17, 15) is 0 Å². The fourth-order valence-electron chi connectivity index (χ4n) is 4.15. The smallest absolute Gasteiger partial charge is 0.497 e. The molecule has 2 aliphatic heterocycles. The van der Waals surface area contributed by atoms with E-state index in [2.05, 4.69) is 4.99 Å². The number of methoxy groups -OCH3 is 1. The van der Waals surface area contributed by atoms with E-state index in [0.717, 1.165) is 32.6 Å². The zero-order chi connectivity index (χ0) is 20.9. The third-order valence-electron chi connectivity index (χ3n) is 5.57. The van der Waals surface area contributed by atoms with Gasteiger partial charge < -0.3 is 22.7 Å². The van der Waals surface area contributed by atoms with E-state index in [4.69, 9.17) is 4.74 Å². The number of aliphatic imine (C=N–C) groups is 1. The van der Waals surface area contributed by atoms with E-state index in [1.54, 1.807) is 25.3 Å². The lowest BCUT2D eigenvalue weighted by Gasteiger charge is -2.41. The number of hydrogen-bond donors (Lipinski definition) is 0. The Bertz CT molecular complexity index is 1180. The van der Waals surface area contributed by atoms with Gasteiger partial charge in [-0.25, -0.2) is 4.57 Å². The predicted octanol–water partition coefficient (Wildman–Crippen LogP) is 4.66. The van der Waals surface area contributed by atoms with Gasteiger partial charge in [-0.15, -0.1) is 0 Å². The third kappa shape index (κ3) is 2.67. The van der Waals surface area contributed by atoms with Crippen LogP contribution in [0.5, 0.6) is 5.75 Å². The molecule has 5 nitrogen and oxygen atoms in total. The third-order valence-corrected chi connectivity index (χ3v) is 5.57. The minimum Gasteiger partial charge on any atom is -0.497 e. The van der Waals surface area contributed by atoms with Crippen LogP contribution in [-0.2, 0) is 6.54 Å². The van der Waals surface area contributed by atoms with Gasteiger partial charge in [0, 0.05) is 11.3 Å². The number of benzene rings is 2. The Morgan fingerprint density at radius 2 is 1.83 bits per heavy atom. The Labute approximate surface area is 173 Å². The summed E-state index contributed by atoms with van der Waals surface area (Å²) in [5.41, 5.74) is 2.77. The molecule has 0 bridgehead atoms. The molecule has 2 aliphatic rings. The van der Waals surface area contributed by atoms with Gasteiger partial charge in [-0.05, 0) is 54.5 Å². The molecule has 0 saturated carbocycles. The Morgan fingerprint density at radius 3 is 2.57 bits per heavy atom. The molecule has 0 amide bonds. The first-order valence-electron chi connectivity index (χ1n) is 10.0. The molecule has 3 aromatic rings. The minimum absolute atomic E-state index is 0.260. The van der Waals surface area contributed by atoms with Crippen molar-refractivity contribution >= 4 is 30.5 Å². The van der Waals surface area contributed by atoms with Gasteiger partial charge in [-0.2, -0.15) is 0 Å². The number of hydrogen-bond acceptors (Lipinski definition) is 3. The Hall–Kier alpha value is -3.42. The van der Waals surface area contributed by atoms with Crippen molar-refractivity contribution in [2.24, 2.45) is 4.99 Å². The number of imidazole rings is 1. The first-order valence-corrected chi connectivity index (χ1v) is 10.0. The summed E-state index contributed by atoms with van der Waals surface area (Å²) in [5.74, 6) is 1.25. The van der Waals surface area contributed by atoms with Crippen molar-refractivity contribution in [1.82, 2.24) is 4.57 Å². The van der Waals surface area contributed by atoms with Crippen LogP contribution in [0.3, 0.4) is 0 Å². The Balaban J connectivity index is 1.71. The van der Waals surface area contributed by atoms with Crippen molar-refractivity contribution in [2.45, 2.75) is 19.9 Å². The van der Waals surface area contributed by atoms with E-state index in [-0.39, 0.29) is 11.8 Å². The first kappa shape index (κ1) is 18.6. The zero-order valence-corrected chi connectivity index (χ0v) is 16.8. The van der Waals surface area contributed by atoms with E-state index in [1.807, 2.05) is 54.0 Å². The van der Waals surface area contributed by atoms with Crippen molar-refractivity contribution < 1.29 is 17.8 Å². The van der Waals surface area contributed by atoms with Crippen LogP contribution < -0.4 is 14.0 Å². The van der Waals surface area contributed by atoms with Gasteiger partial charge in [0.05, 0.1) is 19.9 Å². The summed E-state index contributed by atoms with van der Waals surface area (Å²) in [7, 11) is 1.60. The Morgan fingerprint density at radius 1 is 1.07 bits per heavy atom. The van der Waals surface area contributed by atoms with Crippen LogP contribution in [0, 0.1) is 0 Å². The molecule has 2 aromatic carbocycles. The highest BCUT2D eigenvalue weighted by atomic mass is 19.2. The molecule has 3 heterocycles. The average Bonchev–Trinajstić information content (AvgIpc) is 3.13. The van der Waals surface area contributed by atoms with E-state index >= 15 is 8.63 Å². The lowest BCUT2D eigenvalue weighted by molar-refractivity contribution is -0.552. The van der Waals surface area contributed by atoms with Crippen molar-refractivity contribution in [3.63, 3.8) is 0 Å². The van der Waals surface area contributed by atoms with Crippen LogP contribution in [-0.4, -0.2) is 24.5 Å². The number of amidine groups is 1. The molecule has 30 heavy (non-hydrogen) atoms. The molecule has 0 radical (unpaired) electrons. The second-order valence-electron chi connectivity index (χ2n) is 7.42. The number of aromatic nitrogens is 2. The number of fused-ring (bicyclic) bond motifs is 4. The highest BCUT2D eigenvalue weighted by molar-refractivity contribution is 6.68. The van der Waals surface area contributed by atoms with Crippen LogP contribution >= 0.6 is 0 Å². The molecule has 5 rings (SSSR count). The predicted molar refractivity (Wildman–Crippen MR) is 115 cm³/mol. The molecule has 0 fully saturated rings. The molecule has 8 heteroatoms. The molecule has 0 aliphatic carbocycles. The minimum atomic E-state index is -4.11. The number of anilines is 1. The molecular weight excluding hydrogens is 385 g/mol. The van der Waals surface area contributed by atoms with Crippen molar-refractivity contribution in [3.05, 3.63) is 66.4 Å². The summed E-state index contributed by atoms with van der Waals surface area (Å²) >= 11 is 0. The van der Waals surface area contributed by atoms with Gasteiger partial charge in [0.25, 0.3) is 0 Å². The number of para-hydroxylation sites is 1. The van der Waals surface area contributed by atoms with Gasteiger partial charge in [0.15, 0.2) is 5.84 Å². The standard InChI is InChI=1S/C22H21BF2N4O/c1-3-14-27-20(17-8-11-18(30-2)12-9-17)15-28-22(27)26-21-13-10-16-6-4-5-7-19(16)29(21)23(28,24)25/h4-13,15H,3,14H2,1-2H3. The van der Waals surface area contributed by atoms with Crippen LogP contribution in [0.15, 0.2) is 65.8 Å². The summed E-state index contributed by atoms with van der Waals surface area (Å²) in [6.45, 7) is -1.49. The number of ether oxygens (including phenoxy) is 1. The summed E-state index contributed by atoms with van der Waals surface area (Å²) in [4.78, 5) is 5.72. The van der Waals surface area contributed by atoms with Gasteiger partial charge in [0.1, 0.15) is 11.4 Å². The fraction of sp³-hybridized carbons (Fsp3) is 0.182. The molecule has 0 saturated heterocycles. The monoisotopic (exact) mass is 406 g/mol. The largest absolute Gasteiger partial charge is 0.609 e. The molecular formula is C22H21BF2N4O. The summed E-state index contributed by atoms with van der Waals surface area (Å²) in [6.07, 6.45) is 5.83. The van der Waals surface area contributed by atoms with Gasteiger partial charge in [-0.3, -0.25) is 0 Å². The highest BCUT2D eigenvalue weighted by Crippen LogP contribution is 2.37. The molecule has 0 spiro atoms.